The largest absolute Gasteiger partial charge is 0.340 e. The van der Waals surface area contributed by atoms with Gasteiger partial charge in [0.2, 0.25) is 15.9 Å². The van der Waals surface area contributed by atoms with E-state index in [0.29, 0.717) is 24.4 Å². The van der Waals surface area contributed by atoms with Crippen LogP contribution in [0.15, 0.2) is 47.4 Å². The number of benzene rings is 2. The highest BCUT2D eigenvalue weighted by atomic mass is 32.2. The Bertz CT molecular complexity index is 967. The molecule has 1 amide bonds. The van der Waals surface area contributed by atoms with E-state index < -0.39 is 10.0 Å². The molecule has 1 saturated heterocycles. The van der Waals surface area contributed by atoms with Gasteiger partial charge in [0.1, 0.15) is 5.82 Å². The third-order valence-corrected chi connectivity index (χ3v) is 7.12. The minimum Gasteiger partial charge on any atom is -0.340 e. The molecule has 0 saturated carbocycles. The summed E-state index contributed by atoms with van der Waals surface area (Å²) in [6.45, 7) is 5.13. The third-order valence-electron chi connectivity index (χ3n) is 5.22. The van der Waals surface area contributed by atoms with Crippen molar-refractivity contribution < 1.29 is 17.6 Å². The summed E-state index contributed by atoms with van der Waals surface area (Å²) in [4.78, 5) is 14.4. The molecule has 0 N–H and O–H groups in total. The number of sulfonamides is 1. The zero-order valence-corrected chi connectivity index (χ0v) is 17.0. The number of amides is 1. The van der Waals surface area contributed by atoms with Crippen LogP contribution in [0.4, 0.5) is 4.39 Å². The Morgan fingerprint density at radius 1 is 1.00 bits per heavy atom. The summed E-state index contributed by atoms with van der Waals surface area (Å²) < 4.78 is 40.4. The smallest absolute Gasteiger partial charge is 0.243 e. The van der Waals surface area contributed by atoms with E-state index in [1.807, 2.05) is 19.9 Å². The molecule has 0 aromatic heterocycles. The predicted molar refractivity (Wildman–Crippen MR) is 106 cm³/mol. The van der Waals surface area contributed by atoms with Crippen LogP contribution in [-0.4, -0.2) is 49.7 Å². The molecule has 0 aliphatic carbocycles. The summed E-state index contributed by atoms with van der Waals surface area (Å²) in [5.41, 5.74) is 2.77. The molecule has 0 unspecified atom stereocenters. The van der Waals surface area contributed by atoms with E-state index in [4.69, 9.17) is 0 Å². The molecule has 7 heteroatoms. The van der Waals surface area contributed by atoms with E-state index >= 15 is 0 Å². The van der Waals surface area contributed by atoms with Crippen molar-refractivity contribution in [3.8, 4) is 0 Å². The molecular weight excluding hydrogens is 379 g/mol. The molecule has 0 atom stereocenters. The Kier molecular flexibility index (Phi) is 6.15. The fourth-order valence-corrected chi connectivity index (χ4v) is 4.81. The molecule has 5 nitrogen and oxygen atoms in total. The average molecular weight is 405 g/mol. The quantitative estimate of drug-likeness (QED) is 0.770. The Hall–Kier alpha value is -2.25. The number of nitrogens with zero attached hydrogens (tertiary/aromatic N) is 2. The van der Waals surface area contributed by atoms with Crippen molar-refractivity contribution in [1.29, 1.82) is 0 Å². The van der Waals surface area contributed by atoms with E-state index in [-0.39, 0.29) is 31.2 Å². The lowest BCUT2D eigenvalue weighted by Crippen LogP contribution is -2.50. The first-order valence-electron chi connectivity index (χ1n) is 9.37. The maximum atomic E-state index is 13.2. The van der Waals surface area contributed by atoms with Gasteiger partial charge in [-0.3, -0.25) is 4.79 Å². The van der Waals surface area contributed by atoms with Crippen LogP contribution >= 0.6 is 0 Å². The Morgan fingerprint density at radius 3 is 2.36 bits per heavy atom. The van der Waals surface area contributed by atoms with Crippen molar-refractivity contribution >= 4 is 15.9 Å². The van der Waals surface area contributed by atoms with Crippen LogP contribution in [0.3, 0.4) is 0 Å². The number of halogens is 1. The second kappa shape index (κ2) is 8.41. The Balaban J connectivity index is 1.57. The zero-order valence-electron chi connectivity index (χ0n) is 16.2. The summed E-state index contributed by atoms with van der Waals surface area (Å²) in [5.74, 6) is -0.345. The highest BCUT2D eigenvalue weighted by Gasteiger charge is 2.30. The highest BCUT2D eigenvalue weighted by Crippen LogP contribution is 2.21. The molecule has 1 heterocycles. The van der Waals surface area contributed by atoms with Gasteiger partial charge in [-0.15, -0.1) is 0 Å². The number of aryl methyl sites for hydroxylation is 3. The topological polar surface area (TPSA) is 57.7 Å². The molecule has 150 valence electrons. The monoisotopic (exact) mass is 404 g/mol. The second-order valence-electron chi connectivity index (χ2n) is 7.16. The highest BCUT2D eigenvalue weighted by molar-refractivity contribution is 7.89. The molecule has 1 aliphatic rings. The van der Waals surface area contributed by atoms with Gasteiger partial charge in [-0.1, -0.05) is 18.2 Å². The van der Waals surface area contributed by atoms with Gasteiger partial charge in [0.25, 0.3) is 0 Å². The van der Waals surface area contributed by atoms with Gasteiger partial charge in [0.15, 0.2) is 0 Å². The van der Waals surface area contributed by atoms with E-state index in [0.717, 1.165) is 16.7 Å². The first kappa shape index (κ1) is 20.5. The van der Waals surface area contributed by atoms with Gasteiger partial charge in [0, 0.05) is 32.6 Å². The lowest BCUT2D eigenvalue weighted by molar-refractivity contribution is -0.132. The van der Waals surface area contributed by atoms with Crippen LogP contribution in [0.2, 0.25) is 0 Å². The van der Waals surface area contributed by atoms with Gasteiger partial charge in [-0.05, 0) is 61.2 Å². The van der Waals surface area contributed by atoms with E-state index in [1.54, 1.807) is 29.2 Å². The normalized spacial score (nSPS) is 15.6. The van der Waals surface area contributed by atoms with E-state index in [9.17, 15) is 17.6 Å². The molecule has 0 spiro atoms. The van der Waals surface area contributed by atoms with Crippen LogP contribution in [0, 0.1) is 19.7 Å². The standard InChI is InChI=1S/C21H25FN2O3S/c1-16-6-8-20(14-17(16)2)28(26,27)24-12-10-23(11-13-24)21(25)9-7-18-4-3-5-19(22)15-18/h3-6,8,14-15H,7,9-13H2,1-2H3. The third kappa shape index (κ3) is 4.59. The van der Waals surface area contributed by atoms with Gasteiger partial charge < -0.3 is 4.90 Å². The van der Waals surface area contributed by atoms with Gasteiger partial charge >= 0.3 is 0 Å². The first-order valence-corrected chi connectivity index (χ1v) is 10.8. The van der Waals surface area contributed by atoms with Crippen molar-refractivity contribution in [3.63, 3.8) is 0 Å². The maximum absolute atomic E-state index is 13.2. The molecule has 0 radical (unpaired) electrons. The van der Waals surface area contributed by atoms with Crippen LogP contribution in [0.25, 0.3) is 0 Å². The number of piperazine rings is 1. The summed E-state index contributed by atoms with van der Waals surface area (Å²) in [5, 5.41) is 0. The minimum atomic E-state index is -3.56. The van der Waals surface area contributed by atoms with Crippen molar-refractivity contribution in [2.24, 2.45) is 0 Å². The summed E-state index contributed by atoms with van der Waals surface area (Å²) >= 11 is 0. The Labute approximate surface area is 165 Å². The summed E-state index contributed by atoms with van der Waals surface area (Å²) in [6, 6.07) is 11.4. The molecule has 3 rings (SSSR count). The van der Waals surface area contributed by atoms with Crippen LogP contribution in [0.1, 0.15) is 23.1 Å². The van der Waals surface area contributed by atoms with Crippen molar-refractivity contribution in [2.45, 2.75) is 31.6 Å². The number of carbonyl (C=O) groups is 1. The minimum absolute atomic E-state index is 0.0347. The molecule has 1 fully saturated rings. The van der Waals surface area contributed by atoms with Crippen molar-refractivity contribution in [3.05, 3.63) is 65.0 Å². The molecule has 1 aliphatic heterocycles. The summed E-state index contributed by atoms with van der Waals surface area (Å²) in [6.07, 6.45) is 0.755. The van der Waals surface area contributed by atoms with Crippen LogP contribution < -0.4 is 0 Å². The number of hydrogen-bond acceptors (Lipinski definition) is 3. The fraction of sp³-hybridized carbons (Fsp3) is 0.381. The summed E-state index contributed by atoms with van der Waals surface area (Å²) in [7, 11) is -3.56. The lowest BCUT2D eigenvalue weighted by atomic mass is 10.1. The number of rotatable bonds is 5. The van der Waals surface area contributed by atoms with Gasteiger partial charge in [-0.25, -0.2) is 12.8 Å². The van der Waals surface area contributed by atoms with Crippen molar-refractivity contribution in [2.75, 3.05) is 26.2 Å². The number of hydrogen-bond donors (Lipinski definition) is 0. The lowest BCUT2D eigenvalue weighted by Gasteiger charge is -2.34. The maximum Gasteiger partial charge on any atom is 0.243 e. The van der Waals surface area contributed by atoms with Crippen molar-refractivity contribution in [1.82, 2.24) is 9.21 Å². The van der Waals surface area contributed by atoms with E-state index in [1.165, 1.54) is 16.4 Å². The molecule has 2 aromatic carbocycles. The molecule has 0 bridgehead atoms. The molecule has 2 aromatic rings. The Morgan fingerprint density at radius 2 is 1.71 bits per heavy atom. The molecular formula is C21H25FN2O3S. The predicted octanol–water partition coefficient (Wildman–Crippen LogP) is 2.91. The fourth-order valence-electron chi connectivity index (χ4n) is 3.30. The SMILES string of the molecule is Cc1ccc(S(=O)(=O)N2CCN(C(=O)CCc3cccc(F)c3)CC2)cc1C. The van der Waals surface area contributed by atoms with Gasteiger partial charge in [-0.2, -0.15) is 4.31 Å². The second-order valence-corrected chi connectivity index (χ2v) is 9.10. The first-order chi connectivity index (χ1) is 13.3. The van der Waals surface area contributed by atoms with Gasteiger partial charge in [0.05, 0.1) is 4.90 Å². The van der Waals surface area contributed by atoms with E-state index in [2.05, 4.69) is 0 Å². The average Bonchev–Trinajstić information content (AvgIpc) is 2.68. The number of carbonyl (C=O) groups excluding carboxylic acids is 1. The molecule has 28 heavy (non-hydrogen) atoms. The zero-order chi connectivity index (χ0) is 20.3. The van der Waals surface area contributed by atoms with Crippen LogP contribution in [-0.2, 0) is 21.2 Å². The van der Waals surface area contributed by atoms with Crippen LogP contribution in [0.5, 0.6) is 0 Å².